The van der Waals surface area contributed by atoms with Gasteiger partial charge in [-0.1, -0.05) is 6.07 Å². The lowest BCUT2D eigenvalue weighted by molar-refractivity contribution is 0.254. The quantitative estimate of drug-likeness (QED) is 0.620. The average molecular weight is 252 g/mol. The van der Waals surface area contributed by atoms with Gasteiger partial charge in [-0.05, 0) is 38.0 Å². The van der Waals surface area contributed by atoms with E-state index < -0.39 is 11.8 Å². The van der Waals surface area contributed by atoms with Crippen LogP contribution >= 0.6 is 0 Å². The van der Waals surface area contributed by atoms with Gasteiger partial charge in [-0.2, -0.15) is 4.99 Å². The molecule has 0 aliphatic rings. The molecule has 0 saturated carbocycles. The van der Waals surface area contributed by atoms with Gasteiger partial charge >= 0.3 is 6.03 Å². The predicted molar refractivity (Wildman–Crippen MR) is 70.1 cm³/mol. The van der Waals surface area contributed by atoms with E-state index in [9.17, 15) is 9.18 Å². The zero-order valence-electron chi connectivity index (χ0n) is 10.7. The average Bonchev–Trinajstić information content (AvgIpc) is 2.21. The number of carbonyl (C=O) groups is 1. The molecule has 0 saturated heterocycles. The van der Waals surface area contributed by atoms with Crippen LogP contribution in [0.1, 0.15) is 18.1 Å². The number of urea groups is 1. The monoisotopic (exact) mass is 252 g/mol. The van der Waals surface area contributed by atoms with E-state index >= 15 is 0 Å². The number of guanidine groups is 1. The number of amides is 2. The number of nitrogens with two attached hydrogens (primary N) is 2. The molecule has 1 aromatic rings. The van der Waals surface area contributed by atoms with Gasteiger partial charge in [-0.15, -0.1) is 0 Å². The molecule has 2 amide bonds. The summed E-state index contributed by atoms with van der Waals surface area (Å²) in [5.74, 6) is -0.808. The largest absolute Gasteiger partial charge is 0.370 e. The Labute approximate surface area is 105 Å². The molecule has 0 bridgehead atoms. The lowest BCUT2D eigenvalue weighted by Gasteiger charge is -2.21. The Hall–Kier alpha value is -2.11. The number of aliphatic imine (C=N–C) groups is 1. The van der Waals surface area contributed by atoms with Crippen LogP contribution in [-0.2, 0) is 0 Å². The van der Waals surface area contributed by atoms with E-state index in [4.69, 9.17) is 11.5 Å². The summed E-state index contributed by atoms with van der Waals surface area (Å²) in [4.78, 5) is 16.4. The minimum Gasteiger partial charge on any atom is -0.370 e. The van der Waals surface area contributed by atoms with Crippen molar-refractivity contribution in [3.05, 3.63) is 29.1 Å². The first-order chi connectivity index (χ1) is 8.36. The molecular weight excluding hydrogens is 235 g/mol. The maximum atomic E-state index is 13.9. The van der Waals surface area contributed by atoms with E-state index in [-0.39, 0.29) is 18.2 Å². The summed E-state index contributed by atoms with van der Waals surface area (Å²) >= 11 is 0. The maximum absolute atomic E-state index is 13.9. The second kappa shape index (κ2) is 5.48. The topological polar surface area (TPSA) is 84.7 Å². The van der Waals surface area contributed by atoms with E-state index in [1.807, 2.05) is 0 Å². The Bertz CT molecular complexity index is 472. The van der Waals surface area contributed by atoms with Gasteiger partial charge in [-0.3, -0.25) is 4.90 Å². The first kappa shape index (κ1) is 14.0. The normalized spacial score (nSPS) is 10.0. The Morgan fingerprint density at radius 2 is 2.00 bits per heavy atom. The predicted octanol–water partition coefficient (Wildman–Crippen LogP) is 1.66. The van der Waals surface area contributed by atoms with Gasteiger partial charge < -0.3 is 11.5 Å². The summed E-state index contributed by atoms with van der Waals surface area (Å²) in [6, 6.07) is 2.49. The molecule has 0 spiro atoms. The number of aryl methyl sites for hydroxylation is 2. The highest BCUT2D eigenvalue weighted by molar-refractivity contribution is 6.00. The second-order valence-electron chi connectivity index (χ2n) is 3.98. The summed E-state index contributed by atoms with van der Waals surface area (Å²) in [6.45, 7) is 5.51. The minimum atomic E-state index is -0.677. The molecule has 0 aliphatic carbocycles. The maximum Gasteiger partial charge on any atom is 0.351 e. The van der Waals surface area contributed by atoms with Crippen molar-refractivity contribution in [2.75, 3.05) is 11.4 Å². The number of rotatable bonds is 2. The van der Waals surface area contributed by atoms with Crippen molar-refractivity contribution < 1.29 is 9.18 Å². The lowest BCUT2D eigenvalue weighted by atomic mass is 10.1. The molecule has 1 rings (SSSR count). The smallest absolute Gasteiger partial charge is 0.351 e. The van der Waals surface area contributed by atoms with Crippen molar-refractivity contribution in [3.8, 4) is 0 Å². The van der Waals surface area contributed by atoms with Gasteiger partial charge in [-0.25, -0.2) is 9.18 Å². The van der Waals surface area contributed by atoms with Gasteiger partial charge in [0.05, 0.1) is 5.69 Å². The van der Waals surface area contributed by atoms with Crippen LogP contribution in [0.5, 0.6) is 0 Å². The zero-order valence-corrected chi connectivity index (χ0v) is 10.7. The van der Waals surface area contributed by atoms with E-state index in [1.165, 1.54) is 11.0 Å². The Morgan fingerprint density at radius 3 is 2.44 bits per heavy atom. The van der Waals surface area contributed by atoms with Crippen molar-refractivity contribution in [2.45, 2.75) is 20.8 Å². The molecule has 98 valence electrons. The van der Waals surface area contributed by atoms with E-state index in [1.54, 1.807) is 26.8 Å². The van der Waals surface area contributed by atoms with Crippen LogP contribution in [-0.4, -0.2) is 18.5 Å². The van der Waals surface area contributed by atoms with Crippen molar-refractivity contribution >= 4 is 17.7 Å². The number of anilines is 1. The molecule has 1 aromatic carbocycles. The zero-order chi connectivity index (χ0) is 13.9. The SMILES string of the molecule is CCN(C(=O)N=C(N)N)c1c(C)cc(C)cc1F. The summed E-state index contributed by atoms with van der Waals surface area (Å²) < 4.78 is 13.9. The van der Waals surface area contributed by atoms with Crippen LogP contribution in [0.4, 0.5) is 14.9 Å². The molecule has 0 aliphatic heterocycles. The van der Waals surface area contributed by atoms with Crippen LogP contribution in [0.15, 0.2) is 17.1 Å². The number of nitrogens with zero attached hydrogens (tertiary/aromatic N) is 2. The Morgan fingerprint density at radius 1 is 1.39 bits per heavy atom. The number of benzene rings is 1. The van der Waals surface area contributed by atoms with Gasteiger partial charge in [0.2, 0.25) is 0 Å². The highest BCUT2D eigenvalue weighted by Crippen LogP contribution is 2.26. The van der Waals surface area contributed by atoms with E-state index in [0.717, 1.165) is 5.56 Å². The highest BCUT2D eigenvalue weighted by atomic mass is 19.1. The van der Waals surface area contributed by atoms with Gasteiger partial charge in [0.15, 0.2) is 5.96 Å². The fourth-order valence-electron chi connectivity index (χ4n) is 1.81. The lowest BCUT2D eigenvalue weighted by Crippen LogP contribution is -2.33. The van der Waals surface area contributed by atoms with Crippen LogP contribution in [0.3, 0.4) is 0 Å². The molecule has 6 heteroatoms. The molecule has 0 unspecified atom stereocenters. The fraction of sp³-hybridized carbons (Fsp3) is 0.333. The molecule has 0 heterocycles. The fourth-order valence-corrected chi connectivity index (χ4v) is 1.81. The van der Waals surface area contributed by atoms with Crippen molar-refractivity contribution in [1.29, 1.82) is 0 Å². The summed E-state index contributed by atoms with van der Waals surface area (Å²) in [6.07, 6.45) is 0. The van der Waals surface area contributed by atoms with Gasteiger partial charge in [0, 0.05) is 6.54 Å². The van der Waals surface area contributed by atoms with Crippen LogP contribution in [0.25, 0.3) is 0 Å². The Balaban J connectivity index is 3.26. The number of carbonyl (C=O) groups excluding carboxylic acids is 1. The first-order valence-corrected chi connectivity index (χ1v) is 5.54. The molecule has 0 atom stereocenters. The standard InChI is InChI=1S/C12H17FN4O/c1-4-17(12(18)16-11(14)15)10-8(3)5-7(2)6-9(10)13/h5-6H,4H2,1-3H3,(H4,14,15,16,18). The molecular formula is C12H17FN4O. The number of halogens is 1. The summed E-state index contributed by atoms with van der Waals surface area (Å²) in [7, 11) is 0. The third-order valence-corrected chi connectivity index (χ3v) is 2.44. The minimum absolute atomic E-state index is 0.207. The molecule has 5 nitrogen and oxygen atoms in total. The number of hydrogen-bond donors (Lipinski definition) is 2. The Kier molecular flexibility index (Phi) is 4.25. The molecule has 0 aromatic heterocycles. The van der Waals surface area contributed by atoms with Crippen molar-refractivity contribution in [3.63, 3.8) is 0 Å². The van der Waals surface area contributed by atoms with E-state index in [2.05, 4.69) is 4.99 Å². The van der Waals surface area contributed by atoms with Crippen LogP contribution < -0.4 is 16.4 Å². The second-order valence-corrected chi connectivity index (χ2v) is 3.98. The summed E-state index contributed by atoms with van der Waals surface area (Å²) in [5.41, 5.74) is 12.0. The van der Waals surface area contributed by atoms with Gasteiger partial charge in [0.1, 0.15) is 5.82 Å². The van der Waals surface area contributed by atoms with Crippen molar-refractivity contribution in [1.82, 2.24) is 0 Å². The highest BCUT2D eigenvalue weighted by Gasteiger charge is 2.19. The third kappa shape index (κ3) is 2.97. The molecule has 0 radical (unpaired) electrons. The van der Waals surface area contributed by atoms with Crippen LogP contribution in [0.2, 0.25) is 0 Å². The van der Waals surface area contributed by atoms with Crippen LogP contribution in [0, 0.1) is 19.7 Å². The van der Waals surface area contributed by atoms with Gasteiger partial charge in [0.25, 0.3) is 0 Å². The molecule has 4 N–H and O–H groups in total. The summed E-state index contributed by atoms with van der Waals surface area (Å²) in [5, 5.41) is 0. The van der Waals surface area contributed by atoms with E-state index in [0.29, 0.717) is 5.56 Å². The third-order valence-electron chi connectivity index (χ3n) is 2.44. The molecule has 18 heavy (non-hydrogen) atoms. The number of hydrogen-bond acceptors (Lipinski definition) is 1. The molecule has 0 fully saturated rings. The van der Waals surface area contributed by atoms with Crippen molar-refractivity contribution in [2.24, 2.45) is 16.5 Å². The first-order valence-electron chi connectivity index (χ1n) is 5.54.